The third kappa shape index (κ3) is 7.27. The van der Waals surface area contributed by atoms with Crippen molar-refractivity contribution in [3.8, 4) is 0 Å². The number of carbonyl (C=O) groups excluding carboxylic acids is 1. The van der Waals surface area contributed by atoms with Crippen LogP contribution in [0, 0.1) is 5.92 Å². The average molecular weight is 349 g/mol. The molecule has 1 aromatic carbocycles. The largest absolute Gasteiger partial charge is 0.352 e. The summed E-state index contributed by atoms with van der Waals surface area (Å²) >= 11 is 1.64. The molecule has 4 heteroatoms. The zero-order valence-electron chi connectivity index (χ0n) is 15.4. The first-order valence-electron chi connectivity index (χ1n) is 9.23. The molecule has 1 amide bonds. The second-order valence-electron chi connectivity index (χ2n) is 7.88. The molecule has 1 fully saturated rings. The van der Waals surface area contributed by atoms with Crippen LogP contribution in [0.1, 0.15) is 71.3 Å². The number of hydrogen-bond donors (Lipinski definition) is 2. The fraction of sp³-hybridized carbons (Fsp3) is 0.650. The fourth-order valence-electron chi connectivity index (χ4n) is 3.05. The molecule has 2 N–H and O–H groups in total. The Labute approximate surface area is 151 Å². The van der Waals surface area contributed by atoms with Crippen LogP contribution in [-0.4, -0.2) is 11.4 Å². The Morgan fingerprint density at radius 2 is 1.88 bits per heavy atom. The standard InChI is InChI=1S/C20H32N2OS/c1-20(2,3)22-24-18-12-8-7-11-17(18)15-21-19(23)14-13-16-9-5-4-6-10-16/h7-8,11-12,16,22H,4-6,9-10,13-15H2,1-3H3,(H,21,23). The molecule has 0 unspecified atom stereocenters. The Kier molecular flexibility index (Phi) is 7.63. The summed E-state index contributed by atoms with van der Waals surface area (Å²) in [4.78, 5) is 13.3. The second kappa shape index (κ2) is 9.47. The van der Waals surface area contributed by atoms with Crippen molar-refractivity contribution < 1.29 is 4.79 Å². The molecule has 0 radical (unpaired) electrons. The van der Waals surface area contributed by atoms with Crippen LogP contribution in [-0.2, 0) is 11.3 Å². The molecule has 0 spiro atoms. The molecule has 0 aromatic heterocycles. The molecule has 3 nitrogen and oxygen atoms in total. The van der Waals surface area contributed by atoms with E-state index in [0.717, 1.165) is 12.3 Å². The summed E-state index contributed by atoms with van der Waals surface area (Å²) in [7, 11) is 0. The molecule has 1 aliphatic carbocycles. The van der Waals surface area contributed by atoms with Crippen LogP contribution in [0.3, 0.4) is 0 Å². The predicted molar refractivity (Wildman–Crippen MR) is 103 cm³/mol. The average Bonchev–Trinajstić information content (AvgIpc) is 2.57. The second-order valence-corrected chi connectivity index (χ2v) is 8.73. The summed E-state index contributed by atoms with van der Waals surface area (Å²) in [5, 5.41) is 3.10. The van der Waals surface area contributed by atoms with Gasteiger partial charge in [-0.2, -0.15) is 0 Å². The van der Waals surface area contributed by atoms with Crippen molar-refractivity contribution >= 4 is 17.9 Å². The summed E-state index contributed by atoms with van der Waals surface area (Å²) in [5.41, 5.74) is 1.23. The van der Waals surface area contributed by atoms with E-state index in [1.165, 1.54) is 42.6 Å². The lowest BCUT2D eigenvalue weighted by Crippen LogP contribution is -2.30. The Morgan fingerprint density at radius 1 is 1.17 bits per heavy atom. The van der Waals surface area contributed by atoms with Gasteiger partial charge >= 0.3 is 0 Å². The summed E-state index contributed by atoms with van der Waals surface area (Å²) in [5.74, 6) is 0.951. The number of benzene rings is 1. The van der Waals surface area contributed by atoms with Crippen molar-refractivity contribution in [2.24, 2.45) is 5.92 Å². The maximum absolute atomic E-state index is 12.2. The maximum atomic E-state index is 12.2. The molecule has 0 bridgehead atoms. The SMILES string of the molecule is CC(C)(C)NSc1ccccc1CNC(=O)CCC1CCCCC1. The van der Waals surface area contributed by atoms with Gasteiger partial charge in [0.1, 0.15) is 0 Å². The van der Waals surface area contributed by atoms with E-state index >= 15 is 0 Å². The van der Waals surface area contributed by atoms with Crippen LogP contribution in [0.25, 0.3) is 0 Å². The highest BCUT2D eigenvalue weighted by molar-refractivity contribution is 7.97. The van der Waals surface area contributed by atoms with Gasteiger partial charge in [-0.3, -0.25) is 9.52 Å². The third-order valence-corrected chi connectivity index (χ3v) is 5.75. The van der Waals surface area contributed by atoms with E-state index in [-0.39, 0.29) is 11.4 Å². The van der Waals surface area contributed by atoms with E-state index < -0.39 is 0 Å². The van der Waals surface area contributed by atoms with Crippen molar-refractivity contribution in [1.29, 1.82) is 0 Å². The first kappa shape index (κ1) is 19.3. The number of hydrogen-bond acceptors (Lipinski definition) is 3. The first-order valence-corrected chi connectivity index (χ1v) is 10.0. The highest BCUT2D eigenvalue weighted by Gasteiger charge is 2.15. The van der Waals surface area contributed by atoms with E-state index in [1.54, 1.807) is 11.9 Å². The molecule has 0 atom stereocenters. The van der Waals surface area contributed by atoms with Gasteiger partial charge in [0, 0.05) is 23.4 Å². The van der Waals surface area contributed by atoms with Gasteiger partial charge in [0.2, 0.25) is 5.91 Å². The Bertz CT molecular complexity index is 519. The van der Waals surface area contributed by atoms with Crippen LogP contribution in [0.15, 0.2) is 29.2 Å². The van der Waals surface area contributed by atoms with E-state index in [0.29, 0.717) is 13.0 Å². The monoisotopic (exact) mass is 348 g/mol. The smallest absolute Gasteiger partial charge is 0.220 e. The molecule has 1 saturated carbocycles. The summed E-state index contributed by atoms with van der Waals surface area (Å²) in [6.07, 6.45) is 8.40. The minimum atomic E-state index is 0.0566. The van der Waals surface area contributed by atoms with Crippen molar-refractivity contribution in [2.45, 2.75) is 82.7 Å². The lowest BCUT2D eigenvalue weighted by atomic mass is 9.86. The Balaban J connectivity index is 1.77. The molecule has 1 aliphatic rings. The minimum absolute atomic E-state index is 0.0566. The predicted octanol–water partition coefficient (Wildman–Crippen LogP) is 5.06. The van der Waals surface area contributed by atoms with Crippen molar-refractivity contribution in [3.05, 3.63) is 29.8 Å². The van der Waals surface area contributed by atoms with Gasteiger partial charge < -0.3 is 5.32 Å². The fourth-order valence-corrected chi connectivity index (χ4v) is 3.88. The van der Waals surface area contributed by atoms with Gasteiger partial charge in [0.15, 0.2) is 0 Å². The lowest BCUT2D eigenvalue weighted by Gasteiger charge is -2.21. The molecule has 0 saturated heterocycles. The van der Waals surface area contributed by atoms with Crippen LogP contribution >= 0.6 is 11.9 Å². The number of nitrogens with one attached hydrogen (secondary N) is 2. The number of rotatable bonds is 7. The normalized spacial score (nSPS) is 16.1. The molecule has 0 heterocycles. The van der Waals surface area contributed by atoms with Gasteiger partial charge in [-0.25, -0.2) is 0 Å². The van der Waals surface area contributed by atoms with Crippen LogP contribution < -0.4 is 10.0 Å². The molecule has 24 heavy (non-hydrogen) atoms. The molecular formula is C20H32N2OS. The highest BCUT2D eigenvalue weighted by atomic mass is 32.2. The summed E-state index contributed by atoms with van der Waals surface area (Å²) < 4.78 is 3.44. The quantitative estimate of drug-likeness (QED) is 0.677. The van der Waals surface area contributed by atoms with E-state index in [4.69, 9.17) is 0 Å². The lowest BCUT2D eigenvalue weighted by molar-refractivity contribution is -0.121. The van der Waals surface area contributed by atoms with Gasteiger partial charge in [-0.1, -0.05) is 50.3 Å². The third-order valence-electron chi connectivity index (χ3n) is 4.42. The molecule has 2 rings (SSSR count). The van der Waals surface area contributed by atoms with Crippen molar-refractivity contribution in [2.75, 3.05) is 0 Å². The van der Waals surface area contributed by atoms with E-state index in [2.05, 4.69) is 42.9 Å². The van der Waals surface area contributed by atoms with E-state index in [1.807, 2.05) is 12.1 Å². The topological polar surface area (TPSA) is 41.1 Å². The molecular weight excluding hydrogens is 316 g/mol. The van der Waals surface area contributed by atoms with Crippen LogP contribution in [0.4, 0.5) is 0 Å². The minimum Gasteiger partial charge on any atom is -0.352 e. The van der Waals surface area contributed by atoms with Crippen molar-refractivity contribution in [1.82, 2.24) is 10.0 Å². The van der Waals surface area contributed by atoms with Crippen molar-refractivity contribution in [3.63, 3.8) is 0 Å². The zero-order chi connectivity index (χ0) is 17.4. The number of amides is 1. The van der Waals surface area contributed by atoms with Gasteiger partial charge in [-0.05, 0) is 56.7 Å². The molecule has 1 aromatic rings. The zero-order valence-corrected chi connectivity index (χ0v) is 16.2. The summed E-state index contributed by atoms with van der Waals surface area (Å²) in [6.45, 7) is 7.06. The van der Waals surface area contributed by atoms with Gasteiger partial charge in [0.05, 0.1) is 0 Å². The van der Waals surface area contributed by atoms with Crippen LogP contribution in [0.5, 0.6) is 0 Å². The van der Waals surface area contributed by atoms with Gasteiger partial charge in [0.25, 0.3) is 0 Å². The van der Waals surface area contributed by atoms with Gasteiger partial charge in [-0.15, -0.1) is 0 Å². The first-order chi connectivity index (χ1) is 11.4. The Morgan fingerprint density at radius 3 is 2.58 bits per heavy atom. The molecule has 0 aliphatic heterocycles. The highest BCUT2D eigenvalue weighted by Crippen LogP contribution is 2.27. The Hall–Kier alpha value is -1.00. The van der Waals surface area contributed by atoms with E-state index in [9.17, 15) is 4.79 Å². The summed E-state index contributed by atoms with van der Waals surface area (Å²) in [6, 6.07) is 8.27. The maximum Gasteiger partial charge on any atom is 0.220 e. The van der Waals surface area contributed by atoms with Crippen LogP contribution in [0.2, 0.25) is 0 Å². The number of carbonyl (C=O) groups is 1. The molecule has 134 valence electrons.